The van der Waals surface area contributed by atoms with Gasteiger partial charge >= 0.3 is 0 Å². The minimum atomic E-state index is -0.236. The van der Waals surface area contributed by atoms with Gasteiger partial charge < -0.3 is 10.4 Å². The number of amides is 1. The molecule has 1 amide bonds. The van der Waals surface area contributed by atoms with Crippen LogP contribution < -0.4 is 5.32 Å². The molecule has 2 N–H and O–H groups in total. The Hall–Kier alpha value is -1.35. The van der Waals surface area contributed by atoms with Crippen molar-refractivity contribution in [3.8, 4) is 0 Å². The molecule has 1 heterocycles. The van der Waals surface area contributed by atoms with Crippen molar-refractivity contribution in [2.45, 2.75) is 12.5 Å². The molecule has 1 fully saturated rings. The molecule has 74 valence electrons. The molecule has 1 aromatic rings. The maximum atomic E-state index is 11.3. The Kier molecular flexibility index (Phi) is 2.50. The number of hydrogen-bond donors (Lipinski definition) is 2. The minimum Gasteiger partial charge on any atom is -0.396 e. The third-order valence-electron chi connectivity index (χ3n) is 2.63. The molecule has 0 saturated carbocycles. The number of carbonyl (C=O) groups is 1. The Morgan fingerprint density at radius 1 is 1.36 bits per heavy atom. The number of carbonyl (C=O) groups excluding carboxylic acids is 1. The largest absolute Gasteiger partial charge is 0.396 e. The number of aliphatic hydroxyl groups excluding tert-OH is 1. The number of nitrogens with one attached hydrogen (secondary N) is 1. The monoisotopic (exact) mass is 191 g/mol. The molecule has 1 aliphatic rings. The van der Waals surface area contributed by atoms with Crippen LogP contribution in [0.15, 0.2) is 30.3 Å². The van der Waals surface area contributed by atoms with Gasteiger partial charge in [-0.3, -0.25) is 4.79 Å². The lowest BCUT2D eigenvalue weighted by atomic mass is 10.0. The fourth-order valence-electron chi connectivity index (χ4n) is 1.80. The van der Waals surface area contributed by atoms with Crippen LogP contribution in [0.3, 0.4) is 0 Å². The first-order valence-corrected chi connectivity index (χ1v) is 4.77. The lowest BCUT2D eigenvalue weighted by Crippen LogP contribution is -2.22. The third-order valence-corrected chi connectivity index (χ3v) is 2.63. The van der Waals surface area contributed by atoms with Crippen molar-refractivity contribution in [3.05, 3.63) is 35.9 Å². The van der Waals surface area contributed by atoms with E-state index in [2.05, 4.69) is 5.32 Å². The predicted molar refractivity (Wildman–Crippen MR) is 52.5 cm³/mol. The van der Waals surface area contributed by atoms with Gasteiger partial charge in [0.05, 0.1) is 18.6 Å². The van der Waals surface area contributed by atoms with Crippen molar-refractivity contribution in [1.29, 1.82) is 0 Å². The molecule has 2 atom stereocenters. The molecule has 1 saturated heterocycles. The summed E-state index contributed by atoms with van der Waals surface area (Å²) in [6.45, 7) is -0.0604. The summed E-state index contributed by atoms with van der Waals surface area (Å²) in [5.41, 5.74) is 1.11. The average Bonchev–Trinajstić information content (AvgIpc) is 2.61. The first-order chi connectivity index (χ1) is 6.81. The Bertz CT molecular complexity index is 323. The number of rotatable bonds is 2. The van der Waals surface area contributed by atoms with E-state index in [4.69, 9.17) is 5.11 Å². The van der Waals surface area contributed by atoms with Crippen LogP contribution in [0.1, 0.15) is 18.0 Å². The summed E-state index contributed by atoms with van der Waals surface area (Å²) in [4.78, 5) is 11.3. The van der Waals surface area contributed by atoms with Crippen LogP contribution in [0, 0.1) is 5.92 Å². The Morgan fingerprint density at radius 3 is 2.64 bits per heavy atom. The van der Waals surface area contributed by atoms with E-state index in [1.807, 2.05) is 30.3 Å². The highest BCUT2D eigenvalue weighted by atomic mass is 16.3. The lowest BCUT2D eigenvalue weighted by Gasteiger charge is -2.09. The summed E-state index contributed by atoms with van der Waals surface area (Å²) in [6.07, 6.45) is 0.694. The van der Waals surface area contributed by atoms with E-state index in [1.54, 1.807) is 0 Å². The quantitative estimate of drug-likeness (QED) is 0.728. The van der Waals surface area contributed by atoms with Gasteiger partial charge in [-0.1, -0.05) is 30.3 Å². The highest BCUT2D eigenvalue weighted by molar-refractivity contribution is 5.81. The molecule has 0 aliphatic carbocycles. The summed E-state index contributed by atoms with van der Waals surface area (Å²) in [6, 6.07) is 9.90. The van der Waals surface area contributed by atoms with Gasteiger partial charge in [-0.15, -0.1) is 0 Å². The van der Waals surface area contributed by atoms with Crippen LogP contribution in [0.4, 0.5) is 0 Å². The zero-order valence-electron chi connectivity index (χ0n) is 7.81. The molecule has 1 aromatic carbocycles. The topological polar surface area (TPSA) is 49.3 Å². The van der Waals surface area contributed by atoms with Crippen LogP contribution in [-0.2, 0) is 4.79 Å². The lowest BCUT2D eigenvalue weighted by molar-refractivity contribution is -0.123. The zero-order chi connectivity index (χ0) is 9.97. The van der Waals surface area contributed by atoms with Gasteiger partial charge in [0.2, 0.25) is 5.91 Å². The van der Waals surface area contributed by atoms with Crippen LogP contribution in [0.2, 0.25) is 0 Å². The van der Waals surface area contributed by atoms with E-state index in [0.29, 0.717) is 6.42 Å². The fraction of sp³-hybridized carbons (Fsp3) is 0.364. The minimum absolute atomic E-state index is 0.0404. The number of hydrogen-bond acceptors (Lipinski definition) is 2. The summed E-state index contributed by atoms with van der Waals surface area (Å²) in [5.74, 6) is -0.276. The van der Waals surface area contributed by atoms with Crippen LogP contribution in [0.5, 0.6) is 0 Å². The van der Waals surface area contributed by atoms with Crippen molar-refractivity contribution < 1.29 is 9.90 Å². The highest BCUT2D eigenvalue weighted by Crippen LogP contribution is 2.27. The van der Waals surface area contributed by atoms with E-state index < -0.39 is 0 Å². The zero-order valence-corrected chi connectivity index (χ0v) is 7.81. The molecule has 0 spiro atoms. The van der Waals surface area contributed by atoms with Crippen LogP contribution in [-0.4, -0.2) is 17.6 Å². The second-order valence-corrected chi connectivity index (χ2v) is 3.59. The Labute approximate surface area is 82.8 Å². The molecule has 14 heavy (non-hydrogen) atoms. The molecule has 3 heteroatoms. The van der Waals surface area contributed by atoms with Crippen molar-refractivity contribution in [1.82, 2.24) is 5.32 Å². The molecule has 0 bridgehead atoms. The predicted octanol–water partition coefficient (Wildman–Crippen LogP) is 0.856. The summed E-state index contributed by atoms with van der Waals surface area (Å²) in [5, 5.41) is 11.8. The average molecular weight is 191 g/mol. The fourth-order valence-corrected chi connectivity index (χ4v) is 1.80. The van der Waals surface area contributed by atoms with E-state index in [-0.39, 0.29) is 24.5 Å². The Morgan fingerprint density at radius 2 is 2.07 bits per heavy atom. The maximum absolute atomic E-state index is 11.3. The summed E-state index contributed by atoms with van der Waals surface area (Å²) >= 11 is 0. The molecule has 0 aromatic heterocycles. The van der Waals surface area contributed by atoms with Gasteiger partial charge in [-0.25, -0.2) is 0 Å². The van der Waals surface area contributed by atoms with E-state index in [9.17, 15) is 4.79 Å². The highest BCUT2D eigenvalue weighted by Gasteiger charge is 2.31. The normalized spacial score (nSPS) is 26.2. The molecule has 1 aliphatic heterocycles. The second-order valence-electron chi connectivity index (χ2n) is 3.59. The van der Waals surface area contributed by atoms with Gasteiger partial charge in [-0.05, 0) is 12.0 Å². The van der Waals surface area contributed by atoms with Gasteiger partial charge in [0.15, 0.2) is 0 Å². The molecular weight excluding hydrogens is 178 g/mol. The third kappa shape index (κ3) is 1.63. The van der Waals surface area contributed by atoms with Crippen molar-refractivity contribution >= 4 is 5.91 Å². The number of benzene rings is 1. The van der Waals surface area contributed by atoms with Crippen molar-refractivity contribution in [2.75, 3.05) is 6.61 Å². The van der Waals surface area contributed by atoms with Crippen LogP contribution >= 0.6 is 0 Å². The number of aliphatic hydroxyl groups is 1. The Balaban J connectivity index is 2.13. The standard InChI is InChI=1S/C11H13NO2/c13-7-9-6-10(12-11(9)14)8-4-2-1-3-5-8/h1-5,9-10,13H,6-7H2,(H,12,14). The van der Waals surface area contributed by atoms with E-state index in [0.717, 1.165) is 5.56 Å². The summed E-state index contributed by atoms with van der Waals surface area (Å²) < 4.78 is 0. The molecule has 2 rings (SSSR count). The molecule has 3 nitrogen and oxygen atoms in total. The van der Waals surface area contributed by atoms with Gasteiger partial charge in [0.1, 0.15) is 0 Å². The van der Waals surface area contributed by atoms with Crippen molar-refractivity contribution in [3.63, 3.8) is 0 Å². The summed E-state index contributed by atoms with van der Waals surface area (Å²) in [7, 11) is 0. The SMILES string of the molecule is O=C1NC(c2ccccc2)CC1CO. The van der Waals surface area contributed by atoms with Crippen LogP contribution in [0.25, 0.3) is 0 Å². The first-order valence-electron chi connectivity index (χ1n) is 4.77. The van der Waals surface area contributed by atoms with E-state index >= 15 is 0 Å². The smallest absolute Gasteiger partial charge is 0.226 e. The molecule has 0 radical (unpaired) electrons. The van der Waals surface area contributed by atoms with Gasteiger partial charge in [0.25, 0.3) is 0 Å². The molecular formula is C11H13NO2. The molecule has 2 unspecified atom stereocenters. The second kappa shape index (κ2) is 3.80. The van der Waals surface area contributed by atoms with Gasteiger partial charge in [0, 0.05) is 0 Å². The first kappa shape index (κ1) is 9.21. The maximum Gasteiger partial charge on any atom is 0.226 e. The van der Waals surface area contributed by atoms with Crippen molar-refractivity contribution in [2.24, 2.45) is 5.92 Å². The van der Waals surface area contributed by atoms with Gasteiger partial charge in [-0.2, -0.15) is 0 Å². The van der Waals surface area contributed by atoms with E-state index in [1.165, 1.54) is 0 Å².